The minimum Gasteiger partial charge on any atom is -0.378 e. The molecule has 0 saturated carbocycles. The maximum absolute atomic E-state index is 12.4. The molecule has 5 heteroatoms. The largest absolute Gasteiger partial charge is 0.378 e. The van der Waals surface area contributed by atoms with Gasteiger partial charge in [-0.3, -0.25) is 4.79 Å². The van der Waals surface area contributed by atoms with E-state index in [0.29, 0.717) is 24.1 Å². The predicted octanol–water partition coefficient (Wildman–Crippen LogP) is 2.37. The van der Waals surface area contributed by atoms with Crippen LogP contribution in [0.4, 0.5) is 0 Å². The van der Waals surface area contributed by atoms with Gasteiger partial charge in [0.15, 0.2) is 0 Å². The van der Waals surface area contributed by atoms with Gasteiger partial charge in [-0.1, -0.05) is 17.9 Å². The first-order valence-corrected chi connectivity index (χ1v) is 9.31. The third kappa shape index (κ3) is 5.15. The minimum absolute atomic E-state index is 0.153. The Bertz CT molecular complexity index is 917. The van der Waals surface area contributed by atoms with Crippen LogP contribution in [0.25, 0.3) is 0 Å². The fourth-order valence-corrected chi connectivity index (χ4v) is 3.15. The van der Waals surface area contributed by atoms with E-state index in [1.807, 2.05) is 13.0 Å². The number of nitrogens with zero attached hydrogens (tertiary/aromatic N) is 2. The molecule has 1 aromatic carbocycles. The third-order valence-electron chi connectivity index (χ3n) is 4.46. The number of aromatic nitrogens is 2. The minimum atomic E-state index is -1.06. The van der Waals surface area contributed by atoms with Crippen LogP contribution in [0.1, 0.15) is 59.0 Å². The first-order valence-electron chi connectivity index (χ1n) is 9.31. The van der Waals surface area contributed by atoms with E-state index >= 15 is 0 Å². The summed E-state index contributed by atoms with van der Waals surface area (Å²) in [6.07, 6.45) is 3.86. The molecule has 1 heterocycles. The molecular weight excluding hydrogens is 338 g/mol. The summed E-state index contributed by atoms with van der Waals surface area (Å²) in [7, 11) is 0. The summed E-state index contributed by atoms with van der Waals surface area (Å²) >= 11 is 0. The summed E-state index contributed by atoms with van der Waals surface area (Å²) in [5.41, 5.74) is 3.71. The lowest BCUT2D eigenvalue weighted by Gasteiger charge is -2.08. The van der Waals surface area contributed by atoms with E-state index in [9.17, 15) is 9.90 Å². The lowest BCUT2D eigenvalue weighted by molar-refractivity contribution is 0.0954. The van der Waals surface area contributed by atoms with E-state index in [1.54, 1.807) is 32.0 Å². The standard InChI is InChI=1S/C22H25N3O2/c1-15-18-8-5-9-19(18)25-20(24-15)11-13-23-21(26)17-7-4-6-16(14-17)10-12-22(2,3)27/h4,6-7,14,27H,5,8-9,11,13H2,1-3H3,(H,23,26). The fraction of sp³-hybridized carbons (Fsp3) is 0.409. The Morgan fingerprint density at radius 2 is 2.11 bits per heavy atom. The first kappa shape index (κ1) is 19.1. The molecule has 0 aliphatic heterocycles. The fourth-order valence-electron chi connectivity index (χ4n) is 3.15. The number of rotatable bonds is 4. The average molecular weight is 363 g/mol. The molecule has 27 heavy (non-hydrogen) atoms. The lowest BCUT2D eigenvalue weighted by Crippen LogP contribution is -2.26. The number of fused-ring (bicyclic) bond motifs is 1. The smallest absolute Gasteiger partial charge is 0.251 e. The summed E-state index contributed by atoms with van der Waals surface area (Å²) in [5, 5.41) is 12.6. The van der Waals surface area contributed by atoms with Crippen molar-refractivity contribution in [3.63, 3.8) is 0 Å². The summed E-state index contributed by atoms with van der Waals surface area (Å²) in [5.74, 6) is 6.28. The van der Waals surface area contributed by atoms with Crippen molar-refractivity contribution >= 4 is 5.91 Å². The topological polar surface area (TPSA) is 75.1 Å². The van der Waals surface area contributed by atoms with Gasteiger partial charge in [-0.25, -0.2) is 9.97 Å². The van der Waals surface area contributed by atoms with Crippen molar-refractivity contribution in [2.75, 3.05) is 6.54 Å². The molecule has 140 valence electrons. The number of carbonyl (C=O) groups is 1. The van der Waals surface area contributed by atoms with Gasteiger partial charge >= 0.3 is 0 Å². The number of aliphatic hydroxyl groups is 1. The quantitative estimate of drug-likeness (QED) is 0.818. The highest BCUT2D eigenvalue weighted by Crippen LogP contribution is 2.22. The molecular formula is C22H25N3O2. The van der Waals surface area contributed by atoms with Crippen LogP contribution in [0.2, 0.25) is 0 Å². The van der Waals surface area contributed by atoms with E-state index < -0.39 is 5.60 Å². The summed E-state index contributed by atoms with van der Waals surface area (Å²) in [6, 6.07) is 7.08. The molecule has 0 unspecified atom stereocenters. The van der Waals surface area contributed by atoms with Crippen LogP contribution in [0.5, 0.6) is 0 Å². The zero-order chi connectivity index (χ0) is 19.4. The Hall–Kier alpha value is -2.71. The Labute approximate surface area is 160 Å². The molecule has 0 saturated heterocycles. The highest BCUT2D eigenvalue weighted by Gasteiger charge is 2.17. The van der Waals surface area contributed by atoms with Crippen molar-refractivity contribution in [3.05, 3.63) is 58.2 Å². The van der Waals surface area contributed by atoms with E-state index in [4.69, 9.17) is 0 Å². The molecule has 1 aliphatic carbocycles. The zero-order valence-electron chi connectivity index (χ0n) is 16.1. The van der Waals surface area contributed by atoms with Crippen molar-refractivity contribution in [3.8, 4) is 11.8 Å². The van der Waals surface area contributed by atoms with Crippen LogP contribution in [0, 0.1) is 18.8 Å². The van der Waals surface area contributed by atoms with E-state index in [0.717, 1.165) is 30.8 Å². The van der Waals surface area contributed by atoms with Crippen LogP contribution in [0.3, 0.4) is 0 Å². The zero-order valence-corrected chi connectivity index (χ0v) is 16.1. The van der Waals surface area contributed by atoms with Gasteiger partial charge in [0, 0.05) is 35.5 Å². The predicted molar refractivity (Wildman–Crippen MR) is 104 cm³/mol. The second-order valence-corrected chi connectivity index (χ2v) is 7.40. The van der Waals surface area contributed by atoms with E-state index in [1.165, 1.54) is 11.3 Å². The number of benzene rings is 1. The average Bonchev–Trinajstić information content (AvgIpc) is 3.09. The Kier molecular flexibility index (Phi) is 5.57. The van der Waals surface area contributed by atoms with Gasteiger partial charge in [-0.05, 0) is 63.8 Å². The number of aryl methyl sites for hydroxylation is 2. The molecule has 1 amide bonds. The maximum atomic E-state index is 12.4. The van der Waals surface area contributed by atoms with Crippen LogP contribution >= 0.6 is 0 Å². The number of hydrogen-bond donors (Lipinski definition) is 2. The highest BCUT2D eigenvalue weighted by atomic mass is 16.3. The summed E-state index contributed by atoms with van der Waals surface area (Å²) in [6.45, 7) is 5.77. The monoisotopic (exact) mass is 363 g/mol. The molecule has 0 radical (unpaired) electrons. The first-order chi connectivity index (χ1) is 12.8. The second-order valence-electron chi connectivity index (χ2n) is 7.40. The number of amides is 1. The van der Waals surface area contributed by atoms with Crippen molar-refractivity contribution in [2.45, 2.75) is 52.1 Å². The van der Waals surface area contributed by atoms with E-state index in [-0.39, 0.29) is 5.91 Å². The molecule has 1 aromatic heterocycles. The molecule has 2 N–H and O–H groups in total. The third-order valence-corrected chi connectivity index (χ3v) is 4.46. The van der Waals surface area contributed by atoms with Crippen molar-refractivity contribution in [1.29, 1.82) is 0 Å². The number of nitrogens with one attached hydrogen (secondary N) is 1. The lowest BCUT2D eigenvalue weighted by atomic mass is 10.1. The van der Waals surface area contributed by atoms with Crippen molar-refractivity contribution in [1.82, 2.24) is 15.3 Å². The molecule has 0 bridgehead atoms. The van der Waals surface area contributed by atoms with Crippen molar-refractivity contribution in [2.24, 2.45) is 0 Å². The van der Waals surface area contributed by atoms with Crippen molar-refractivity contribution < 1.29 is 9.90 Å². The van der Waals surface area contributed by atoms with Crippen LogP contribution < -0.4 is 5.32 Å². The van der Waals surface area contributed by atoms with E-state index in [2.05, 4.69) is 27.1 Å². The Morgan fingerprint density at radius 3 is 2.89 bits per heavy atom. The second kappa shape index (κ2) is 7.89. The maximum Gasteiger partial charge on any atom is 0.251 e. The molecule has 0 spiro atoms. The Balaban J connectivity index is 1.60. The molecule has 5 nitrogen and oxygen atoms in total. The van der Waals surface area contributed by atoms with Gasteiger partial charge in [-0.15, -0.1) is 0 Å². The summed E-state index contributed by atoms with van der Waals surface area (Å²) < 4.78 is 0. The Morgan fingerprint density at radius 1 is 1.30 bits per heavy atom. The molecule has 2 aromatic rings. The normalized spacial score (nSPS) is 12.9. The van der Waals surface area contributed by atoms with Crippen LogP contribution in [-0.4, -0.2) is 33.1 Å². The molecule has 0 fully saturated rings. The van der Waals surface area contributed by atoms with Gasteiger partial charge < -0.3 is 10.4 Å². The van der Waals surface area contributed by atoms with Crippen LogP contribution in [-0.2, 0) is 19.3 Å². The van der Waals surface area contributed by atoms with Gasteiger partial charge in [0.2, 0.25) is 0 Å². The molecule has 3 rings (SSSR count). The number of hydrogen-bond acceptors (Lipinski definition) is 4. The van der Waals surface area contributed by atoms with Gasteiger partial charge in [0.1, 0.15) is 11.4 Å². The van der Waals surface area contributed by atoms with Gasteiger partial charge in [-0.2, -0.15) is 0 Å². The molecule has 1 aliphatic rings. The van der Waals surface area contributed by atoms with Gasteiger partial charge in [0.05, 0.1) is 0 Å². The molecule has 0 atom stereocenters. The SMILES string of the molecule is Cc1nc(CCNC(=O)c2cccc(C#CC(C)(C)O)c2)nc2c1CCC2. The summed E-state index contributed by atoms with van der Waals surface area (Å²) in [4.78, 5) is 21.6. The van der Waals surface area contributed by atoms with Crippen LogP contribution in [0.15, 0.2) is 24.3 Å². The number of carbonyl (C=O) groups excluding carboxylic acids is 1. The highest BCUT2D eigenvalue weighted by molar-refractivity contribution is 5.94. The van der Waals surface area contributed by atoms with Gasteiger partial charge in [0.25, 0.3) is 5.91 Å².